The van der Waals surface area contributed by atoms with Gasteiger partial charge < -0.3 is 10.0 Å². The molecule has 0 radical (unpaired) electrons. The fraction of sp³-hybridized carbons (Fsp3) is 0.500. The molecule has 0 bridgehead atoms. The van der Waals surface area contributed by atoms with Gasteiger partial charge >= 0.3 is 5.97 Å². The highest BCUT2D eigenvalue weighted by molar-refractivity contribution is 5.96. The van der Waals surface area contributed by atoms with E-state index in [4.69, 9.17) is 0 Å². The molecule has 1 unspecified atom stereocenters. The molecule has 1 saturated heterocycles. The second-order valence-corrected chi connectivity index (χ2v) is 5.25. The average Bonchev–Trinajstić information content (AvgIpc) is 2.72. The van der Waals surface area contributed by atoms with Crippen LogP contribution in [-0.4, -0.2) is 34.5 Å². The summed E-state index contributed by atoms with van der Waals surface area (Å²) in [6.45, 7) is 2.59. The molecule has 0 saturated carbocycles. The van der Waals surface area contributed by atoms with Gasteiger partial charge in [-0.25, -0.2) is 4.79 Å². The van der Waals surface area contributed by atoms with Gasteiger partial charge in [0.1, 0.15) is 6.04 Å². The zero-order chi connectivity index (χ0) is 14.5. The first-order valence-electron chi connectivity index (χ1n) is 7.26. The van der Waals surface area contributed by atoms with Crippen molar-refractivity contribution in [2.45, 2.75) is 45.1 Å². The summed E-state index contributed by atoms with van der Waals surface area (Å²) in [7, 11) is 0. The van der Waals surface area contributed by atoms with Crippen LogP contribution in [0.5, 0.6) is 0 Å². The highest BCUT2D eigenvalue weighted by atomic mass is 16.4. The number of carbonyl (C=O) groups is 2. The molecule has 1 atom stereocenters. The molecule has 1 aromatic rings. The number of hydrogen-bond acceptors (Lipinski definition) is 2. The lowest BCUT2D eigenvalue weighted by molar-refractivity contribution is -0.142. The molecule has 1 aliphatic heterocycles. The summed E-state index contributed by atoms with van der Waals surface area (Å²) in [5.74, 6) is -1.06. The first-order valence-corrected chi connectivity index (χ1v) is 7.26. The van der Waals surface area contributed by atoms with Gasteiger partial charge in [-0.2, -0.15) is 0 Å². The van der Waals surface area contributed by atoms with Gasteiger partial charge in [0.25, 0.3) is 5.91 Å². The van der Waals surface area contributed by atoms with Gasteiger partial charge in [-0.05, 0) is 37.0 Å². The van der Waals surface area contributed by atoms with Gasteiger partial charge in [0, 0.05) is 12.1 Å². The van der Waals surface area contributed by atoms with E-state index in [0.29, 0.717) is 18.5 Å². The van der Waals surface area contributed by atoms with Crippen LogP contribution in [0.15, 0.2) is 24.3 Å². The van der Waals surface area contributed by atoms with E-state index in [1.165, 1.54) is 10.5 Å². The lowest BCUT2D eigenvalue weighted by Gasteiger charge is -2.27. The van der Waals surface area contributed by atoms with Crippen molar-refractivity contribution in [1.29, 1.82) is 0 Å². The Morgan fingerprint density at radius 3 is 2.50 bits per heavy atom. The minimum Gasteiger partial charge on any atom is -0.480 e. The zero-order valence-electron chi connectivity index (χ0n) is 11.8. The van der Waals surface area contributed by atoms with Crippen LogP contribution in [-0.2, 0) is 11.2 Å². The highest BCUT2D eigenvalue weighted by Crippen LogP contribution is 2.20. The van der Waals surface area contributed by atoms with Crippen molar-refractivity contribution in [3.05, 3.63) is 35.4 Å². The van der Waals surface area contributed by atoms with Crippen LogP contribution in [0.1, 0.15) is 48.5 Å². The van der Waals surface area contributed by atoms with Crippen molar-refractivity contribution in [3.63, 3.8) is 0 Å². The summed E-state index contributed by atoms with van der Waals surface area (Å²) < 4.78 is 0. The Kier molecular flexibility index (Phi) is 4.77. The van der Waals surface area contributed by atoms with Gasteiger partial charge in [-0.3, -0.25) is 4.79 Å². The molecule has 1 aliphatic rings. The number of amides is 1. The maximum absolute atomic E-state index is 12.5. The number of benzene rings is 1. The Bertz CT molecular complexity index is 481. The van der Waals surface area contributed by atoms with Crippen LogP contribution in [0.2, 0.25) is 0 Å². The highest BCUT2D eigenvalue weighted by Gasteiger charge is 2.31. The molecular formula is C16H21NO3. The molecule has 1 heterocycles. The number of likely N-dealkylation sites (tertiary alicyclic amines) is 1. The summed E-state index contributed by atoms with van der Waals surface area (Å²) in [6, 6.07) is 6.77. The third-order valence-electron chi connectivity index (χ3n) is 3.91. The van der Waals surface area contributed by atoms with E-state index in [1.54, 1.807) is 12.1 Å². The Hall–Kier alpha value is -1.84. The number of aliphatic carboxylic acids is 1. The van der Waals surface area contributed by atoms with E-state index in [1.807, 2.05) is 12.1 Å². The van der Waals surface area contributed by atoms with Gasteiger partial charge in [0.2, 0.25) is 0 Å². The molecule has 0 spiro atoms. The largest absolute Gasteiger partial charge is 0.480 e. The Morgan fingerprint density at radius 2 is 1.90 bits per heavy atom. The van der Waals surface area contributed by atoms with Crippen LogP contribution < -0.4 is 0 Å². The molecule has 1 aromatic carbocycles. The predicted octanol–water partition coefficient (Wildman–Crippen LogP) is 2.72. The third kappa shape index (κ3) is 3.18. The summed E-state index contributed by atoms with van der Waals surface area (Å²) in [4.78, 5) is 25.4. The number of hydrogen-bond donors (Lipinski definition) is 1. The van der Waals surface area contributed by atoms with Crippen molar-refractivity contribution in [2.75, 3.05) is 6.54 Å². The lowest BCUT2D eigenvalue weighted by atomic mass is 10.1. The topological polar surface area (TPSA) is 57.6 Å². The minimum absolute atomic E-state index is 0.165. The summed E-state index contributed by atoms with van der Waals surface area (Å²) in [6.07, 6.45) is 4.21. The van der Waals surface area contributed by atoms with Crippen LogP contribution in [0.4, 0.5) is 0 Å². The molecule has 4 nitrogen and oxygen atoms in total. The van der Waals surface area contributed by atoms with Crippen LogP contribution in [0, 0.1) is 0 Å². The molecule has 0 aromatic heterocycles. The normalized spacial score (nSPS) is 19.4. The average molecular weight is 275 g/mol. The van der Waals surface area contributed by atoms with Gasteiger partial charge in [-0.15, -0.1) is 0 Å². The molecule has 1 fully saturated rings. The summed E-state index contributed by atoms with van der Waals surface area (Å²) in [5, 5.41) is 9.32. The lowest BCUT2D eigenvalue weighted by Crippen LogP contribution is -2.44. The second-order valence-electron chi connectivity index (χ2n) is 5.25. The van der Waals surface area contributed by atoms with Crippen molar-refractivity contribution < 1.29 is 14.7 Å². The predicted molar refractivity (Wildman–Crippen MR) is 76.7 cm³/mol. The van der Waals surface area contributed by atoms with Crippen molar-refractivity contribution in [3.8, 4) is 0 Å². The van der Waals surface area contributed by atoms with E-state index in [9.17, 15) is 14.7 Å². The van der Waals surface area contributed by atoms with Crippen LogP contribution in [0.25, 0.3) is 0 Å². The SMILES string of the molecule is CCc1ccc(C(=O)N2CCCCCC2C(=O)O)cc1. The summed E-state index contributed by atoms with van der Waals surface area (Å²) in [5.41, 5.74) is 1.75. The molecule has 2 rings (SSSR count). The molecule has 4 heteroatoms. The van der Waals surface area contributed by atoms with E-state index >= 15 is 0 Å². The minimum atomic E-state index is -0.898. The first kappa shape index (κ1) is 14.6. The molecule has 0 aliphatic carbocycles. The fourth-order valence-corrected chi connectivity index (χ4v) is 2.66. The maximum atomic E-state index is 12.5. The number of carboxylic acid groups (broad SMARTS) is 1. The zero-order valence-corrected chi connectivity index (χ0v) is 11.8. The standard InChI is InChI=1S/C16H21NO3/c1-2-12-7-9-13(10-8-12)15(18)17-11-5-3-4-6-14(17)16(19)20/h7-10,14H,2-6,11H2,1H3,(H,19,20). The smallest absolute Gasteiger partial charge is 0.326 e. The van der Waals surface area contributed by atoms with E-state index in [-0.39, 0.29) is 5.91 Å². The molecular weight excluding hydrogens is 254 g/mol. The second kappa shape index (κ2) is 6.55. The number of aryl methyl sites for hydroxylation is 1. The molecule has 1 amide bonds. The monoisotopic (exact) mass is 275 g/mol. The van der Waals surface area contributed by atoms with Crippen molar-refractivity contribution >= 4 is 11.9 Å². The number of rotatable bonds is 3. The maximum Gasteiger partial charge on any atom is 0.326 e. The van der Waals surface area contributed by atoms with Gasteiger partial charge in [-0.1, -0.05) is 31.9 Å². The number of carbonyl (C=O) groups excluding carboxylic acids is 1. The molecule has 108 valence electrons. The Balaban J connectivity index is 2.21. The Morgan fingerprint density at radius 1 is 1.20 bits per heavy atom. The first-order chi connectivity index (χ1) is 9.63. The Labute approximate surface area is 119 Å². The van der Waals surface area contributed by atoms with Crippen LogP contribution >= 0.6 is 0 Å². The number of nitrogens with zero attached hydrogens (tertiary/aromatic N) is 1. The van der Waals surface area contributed by atoms with E-state index in [2.05, 4.69) is 6.92 Å². The van der Waals surface area contributed by atoms with Gasteiger partial charge in [0.15, 0.2) is 0 Å². The van der Waals surface area contributed by atoms with Crippen molar-refractivity contribution in [1.82, 2.24) is 4.90 Å². The summed E-state index contributed by atoms with van der Waals surface area (Å²) >= 11 is 0. The van der Waals surface area contributed by atoms with E-state index < -0.39 is 12.0 Å². The van der Waals surface area contributed by atoms with Crippen molar-refractivity contribution in [2.24, 2.45) is 0 Å². The van der Waals surface area contributed by atoms with Gasteiger partial charge in [0.05, 0.1) is 0 Å². The molecule has 20 heavy (non-hydrogen) atoms. The number of carboxylic acids is 1. The van der Waals surface area contributed by atoms with E-state index in [0.717, 1.165) is 25.7 Å². The third-order valence-corrected chi connectivity index (χ3v) is 3.91. The quantitative estimate of drug-likeness (QED) is 0.922. The van der Waals surface area contributed by atoms with Crippen LogP contribution in [0.3, 0.4) is 0 Å². The molecule has 1 N–H and O–H groups in total. The fourth-order valence-electron chi connectivity index (χ4n) is 2.66.